The number of nitrogens with zero attached hydrogens (tertiary/aromatic N) is 3. The van der Waals surface area contributed by atoms with Gasteiger partial charge in [0.1, 0.15) is 0 Å². The molecule has 94 valence electrons. The highest BCUT2D eigenvalue weighted by molar-refractivity contribution is 5.94. The lowest BCUT2D eigenvalue weighted by atomic mass is 10.1. The van der Waals surface area contributed by atoms with Gasteiger partial charge in [0.2, 0.25) is 0 Å². The molecule has 0 fully saturated rings. The van der Waals surface area contributed by atoms with Gasteiger partial charge in [0, 0.05) is 13.6 Å². The van der Waals surface area contributed by atoms with Crippen LogP contribution in [0.2, 0.25) is 0 Å². The molecular weight excluding hydrogens is 234 g/mol. The zero-order valence-corrected chi connectivity index (χ0v) is 10.1. The van der Waals surface area contributed by atoms with Crippen LogP contribution in [0.4, 0.5) is 5.95 Å². The Hall–Kier alpha value is -2.37. The number of hydrogen-bond acceptors (Lipinski definition) is 5. The van der Waals surface area contributed by atoms with E-state index in [2.05, 4.69) is 10.1 Å². The highest BCUT2D eigenvalue weighted by Crippen LogP contribution is 2.23. The third-order valence-electron chi connectivity index (χ3n) is 2.62. The standard InChI is InChI=1S/C12H13N3O3/c1-3-15(2)12-13-10(18-14-12)8-6-4-5-7-9(8)11(16)17/h4-7H,3H2,1-2H3,(H,16,17). The highest BCUT2D eigenvalue weighted by atomic mass is 16.5. The van der Waals surface area contributed by atoms with Crippen molar-refractivity contribution < 1.29 is 14.4 Å². The van der Waals surface area contributed by atoms with Crippen LogP contribution in [0.3, 0.4) is 0 Å². The second kappa shape index (κ2) is 4.87. The number of anilines is 1. The molecule has 0 aliphatic carbocycles. The van der Waals surface area contributed by atoms with Gasteiger partial charge in [0.25, 0.3) is 11.8 Å². The fraction of sp³-hybridized carbons (Fsp3) is 0.250. The first-order chi connectivity index (χ1) is 8.63. The highest BCUT2D eigenvalue weighted by Gasteiger charge is 2.17. The molecule has 1 aromatic carbocycles. The Labute approximate surface area is 104 Å². The molecule has 1 heterocycles. The molecule has 1 aromatic heterocycles. The van der Waals surface area contributed by atoms with Crippen LogP contribution in [-0.2, 0) is 0 Å². The van der Waals surface area contributed by atoms with Gasteiger partial charge < -0.3 is 14.5 Å². The summed E-state index contributed by atoms with van der Waals surface area (Å²) < 4.78 is 5.10. The van der Waals surface area contributed by atoms with Gasteiger partial charge in [-0.25, -0.2) is 4.79 Å². The Balaban J connectivity index is 2.43. The second-order valence-electron chi connectivity index (χ2n) is 3.76. The summed E-state index contributed by atoms with van der Waals surface area (Å²) in [5.74, 6) is -0.370. The van der Waals surface area contributed by atoms with Crippen molar-refractivity contribution >= 4 is 11.9 Å². The van der Waals surface area contributed by atoms with Gasteiger partial charge in [-0.3, -0.25) is 0 Å². The SMILES string of the molecule is CCN(C)c1noc(-c2ccccc2C(=O)O)n1. The maximum atomic E-state index is 11.1. The van der Waals surface area contributed by atoms with E-state index in [4.69, 9.17) is 9.63 Å². The average molecular weight is 247 g/mol. The first-order valence-corrected chi connectivity index (χ1v) is 5.51. The Morgan fingerprint density at radius 1 is 1.44 bits per heavy atom. The van der Waals surface area contributed by atoms with Crippen molar-refractivity contribution in [3.8, 4) is 11.5 Å². The predicted molar refractivity (Wildman–Crippen MR) is 65.6 cm³/mol. The molecular formula is C12H13N3O3. The molecule has 1 N–H and O–H groups in total. The van der Waals surface area contributed by atoms with Crippen LogP contribution in [-0.4, -0.2) is 34.8 Å². The molecule has 2 aromatic rings. The summed E-state index contributed by atoms with van der Waals surface area (Å²) in [5, 5.41) is 12.9. The van der Waals surface area contributed by atoms with Crippen LogP contribution < -0.4 is 4.90 Å². The molecule has 0 aliphatic rings. The molecule has 0 unspecified atom stereocenters. The van der Waals surface area contributed by atoms with Gasteiger partial charge in [-0.05, 0) is 24.2 Å². The molecule has 6 nitrogen and oxygen atoms in total. The molecule has 0 saturated heterocycles. The average Bonchev–Trinajstić information content (AvgIpc) is 2.87. The van der Waals surface area contributed by atoms with Crippen LogP contribution in [0.5, 0.6) is 0 Å². The minimum absolute atomic E-state index is 0.145. The lowest BCUT2D eigenvalue weighted by molar-refractivity contribution is 0.0697. The fourth-order valence-electron chi connectivity index (χ4n) is 1.48. The van der Waals surface area contributed by atoms with Gasteiger partial charge in [-0.15, -0.1) is 0 Å². The molecule has 0 atom stereocenters. The van der Waals surface area contributed by atoms with Gasteiger partial charge in [-0.2, -0.15) is 4.98 Å². The van der Waals surface area contributed by atoms with Crippen molar-refractivity contribution in [2.45, 2.75) is 6.92 Å². The third-order valence-corrected chi connectivity index (χ3v) is 2.62. The van der Waals surface area contributed by atoms with E-state index < -0.39 is 5.97 Å². The van der Waals surface area contributed by atoms with Crippen molar-refractivity contribution in [1.82, 2.24) is 10.1 Å². The van der Waals surface area contributed by atoms with Gasteiger partial charge >= 0.3 is 5.97 Å². The zero-order chi connectivity index (χ0) is 13.1. The molecule has 2 rings (SSSR count). The molecule has 0 spiro atoms. The van der Waals surface area contributed by atoms with Crippen LogP contribution in [0, 0.1) is 0 Å². The smallest absolute Gasteiger partial charge is 0.336 e. The number of benzene rings is 1. The number of aromatic nitrogens is 2. The topological polar surface area (TPSA) is 79.5 Å². The summed E-state index contributed by atoms with van der Waals surface area (Å²) in [6, 6.07) is 6.54. The van der Waals surface area contributed by atoms with Crippen LogP contribution >= 0.6 is 0 Å². The maximum absolute atomic E-state index is 11.1. The van der Waals surface area contributed by atoms with Crippen LogP contribution in [0.15, 0.2) is 28.8 Å². The Morgan fingerprint density at radius 2 is 2.17 bits per heavy atom. The summed E-state index contributed by atoms with van der Waals surface area (Å²) >= 11 is 0. The van der Waals surface area contributed by atoms with Gasteiger partial charge in [-0.1, -0.05) is 12.1 Å². The predicted octanol–water partition coefficient (Wildman–Crippen LogP) is 1.89. The van der Waals surface area contributed by atoms with Crippen molar-refractivity contribution in [2.75, 3.05) is 18.5 Å². The molecule has 0 aliphatic heterocycles. The van der Waals surface area contributed by atoms with Gasteiger partial charge in [0.05, 0.1) is 11.1 Å². The first-order valence-electron chi connectivity index (χ1n) is 5.51. The van der Waals surface area contributed by atoms with E-state index in [1.165, 1.54) is 6.07 Å². The number of hydrogen-bond donors (Lipinski definition) is 1. The molecule has 0 radical (unpaired) electrons. The molecule has 0 saturated carbocycles. The van der Waals surface area contributed by atoms with Crippen molar-refractivity contribution in [1.29, 1.82) is 0 Å². The lowest BCUT2D eigenvalue weighted by Crippen LogP contribution is -2.17. The second-order valence-corrected chi connectivity index (χ2v) is 3.76. The van der Waals surface area contributed by atoms with E-state index >= 15 is 0 Å². The number of carboxylic acids is 1. The zero-order valence-electron chi connectivity index (χ0n) is 10.1. The van der Waals surface area contributed by atoms with Crippen LogP contribution in [0.25, 0.3) is 11.5 Å². The van der Waals surface area contributed by atoms with Crippen molar-refractivity contribution in [3.63, 3.8) is 0 Å². The normalized spacial score (nSPS) is 10.3. The van der Waals surface area contributed by atoms with E-state index in [9.17, 15) is 4.79 Å². The minimum Gasteiger partial charge on any atom is -0.478 e. The summed E-state index contributed by atoms with van der Waals surface area (Å²) in [4.78, 5) is 17.1. The van der Waals surface area contributed by atoms with E-state index in [-0.39, 0.29) is 11.5 Å². The Kier molecular flexibility index (Phi) is 3.27. The monoisotopic (exact) mass is 247 g/mol. The largest absolute Gasteiger partial charge is 0.478 e. The number of rotatable bonds is 4. The fourth-order valence-corrected chi connectivity index (χ4v) is 1.48. The summed E-state index contributed by atoms with van der Waals surface area (Å²) in [6.45, 7) is 2.70. The Bertz CT molecular complexity index is 565. The number of carboxylic acid groups (broad SMARTS) is 1. The molecule has 0 amide bonds. The van der Waals surface area contributed by atoms with Gasteiger partial charge in [0.15, 0.2) is 0 Å². The molecule has 0 bridgehead atoms. The Morgan fingerprint density at radius 3 is 2.83 bits per heavy atom. The summed E-state index contributed by atoms with van der Waals surface area (Å²) in [6.07, 6.45) is 0. The third kappa shape index (κ3) is 2.17. The van der Waals surface area contributed by atoms with E-state index in [1.807, 2.05) is 14.0 Å². The van der Waals surface area contributed by atoms with E-state index in [0.717, 1.165) is 6.54 Å². The summed E-state index contributed by atoms with van der Waals surface area (Å²) in [5.41, 5.74) is 0.570. The number of aromatic carboxylic acids is 1. The quantitative estimate of drug-likeness (QED) is 0.888. The minimum atomic E-state index is -1.02. The molecule has 18 heavy (non-hydrogen) atoms. The van der Waals surface area contributed by atoms with Crippen molar-refractivity contribution in [3.05, 3.63) is 29.8 Å². The summed E-state index contributed by atoms with van der Waals surface area (Å²) in [7, 11) is 1.83. The maximum Gasteiger partial charge on any atom is 0.336 e. The first kappa shape index (κ1) is 12.1. The van der Waals surface area contributed by atoms with E-state index in [0.29, 0.717) is 11.5 Å². The van der Waals surface area contributed by atoms with Crippen LogP contribution in [0.1, 0.15) is 17.3 Å². The molecule has 6 heteroatoms. The number of carbonyl (C=O) groups is 1. The van der Waals surface area contributed by atoms with Crippen molar-refractivity contribution in [2.24, 2.45) is 0 Å². The van der Waals surface area contributed by atoms with E-state index in [1.54, 1.807) is 23.1 Å². The lowest BCUT2D eigenvalue weighted by Gasteiger charge is -2.08.